The lowest BCUT2D eigenvalue weighted by atomic mass is 10.1. The molecule has 0 spiro atoms. The average Bonchev–Trinajstić information content (AvgIpc) is 2.55. The molecule has 6 nitrogen and oxygen atoms in total. The molecular formula is C19H21N3O3. The van der Waals surface area contributed by atoms with E-state index >= 15 is 0 Å². The second-order valence-electron chi connectivity index (χ2n) is 5.94. The number of anilines is 3. The van der Waals surface area contributed by atoms with Crippen molar-refractivity contribution in [2.45, 2.75) is 20.8 Å². The Hall–Kier alpha value is -3.15. The van der Waals surface area contributed by atoms with Crippen molar-refractivity contribution in [2.75, 3.05) is 16.0 Å². The van der Waals surface area contributed by atoms with Crippen LogP contribution >= 0.6 is 0 Å². The average molecular weight is 339 g/mol. The summed E-state index contributed by atoms with van der Waals surface area (Å²) in [6, 6.07) is 13.5. The molecule has 2 rings (SSSR count). The van der Waals surface area contributed by atoms with Crippen molar-refractivity contribution in [3.05, 3.63) is 54.1 Å². The van der Waals surface area contributed by atoms with Gasteiger partial charge in [-0.2, -0.15) is 0 Å². The molecule has 0 fully saturated rings. The van der Waals surface area contributed by atoms with E-state index in [9.17, 15) is 14.4 Å². The maximum Gasteiger partial charge on any atom is 0.255 e. The molecule has 0 aliphatic carbocycles. The van der Waals surface area contributed by atoms with Crippen molar-refractivity contribution in [2.24, 2.45) is 5.92 Å². The molecule has 0 radical (unpaired) electrons. The van der Waals surface area contributed by atoms with E-state index in [2.05, 4.69) is 16.0 Å². The van der Waals surface area contributed by atoms with Crippen LogP contribution in [0.25, 0.3) is 0 Å². The molecular weight excluding hydrogens is 318 g/mol. The second kappa shape index (κ2) is 8.10. The van der Waals surface area contributed by atoms with E-state index in [-0.39, 0.29) is 23.6 Å². The van der Waals surface area contributed by atoms with Crippen LogP contribution in [0, 0.1) is 5.92 Å². The van der Waals surface area contributed by atoms with Crippen LogP contribution in [0.3, 0.4) is 0 Å². The molecule has 2 aromatic rings. The van der Waals surface area contributed by atoms with Crippen molar-refractivity contribution in [3.63, 3.8) is 0 Å². The summed E-state index contributed by atoms with van der Waals surface area (Å²) in [5.74, 6) is -0.643. The molecule has 0 aliphatic rings. The van der Waals surface area contributed by atoms with Gasteiger partial charge in [-0.3, -0.25) is 14.4 Å². The van der Waals surface area contributed by atoms with Crippen LogP contribution in [0.2, 0.25) is 0 Å². The van der Waals surface area contributed by atoms with E-state index in [4.69, 9.17) is 0 Å². The summed E-state index contributed by atoms with van der Waals surface area (Å²) in [6.07, 6.45) is 0. The molecule has 0 aromatic heterocycles. The Morgan fingerprint density at radius 3 is 1.96 bits per heavy atom. The molecule has 0 heterocycles. The van der Waals surface area contributed by atoms with Gasteiger partial charge in [0.05, 0.1) is 0 Å². The number of amides is 3. The molecule has 0 bridgehead atoms. The number of rotatable bonds is 5. The van der Waals surface area contributed by atoms with E-state index < -0.39 is 0 Å². The lowest BCUT2D eigenvalue weighted by Crippen LogP contribution is -2.18. The first kappa shape index (κ1) is 18.2. The Labute approximate surface area is 146 Å². The molecule has 0 aliphatic heterocycles. The van der Waals surface area contributed by atoms with Crippen molar-refractivity contribution in [3.8, 4) is 0 Å². The fourth-order valence-electron chi connectivity index (χ4n) is 2.07. The Bertz CT molecular complexity index is 783. The summed E-state index contributed by atoms with van der Waals surface area (Å²) < 4.78 is 0. The highest BCUT2D eigenvalue weighted by atomic mass is 16.2. The molecule has 0 unspecified atom stereocenters. The van der Waals surface area contributed by atoms with Gasteiger partial charge in [-0.15, -0.1) is 0 Å². The quantitative estimate of drug-likeness (QED) is 0.779. The van der Waals surface area contributed by atoms with Crippen LogP contribution in [0.5, 0.6) is 0 Å². The highest BCUT2D eigenvalue weighted by Gasteiger charge is 2.09. The fraction of sp³-hybridized carbons (Fsp3) is 0.211. The van der Waals surface area contributed by atoms with E-state index in [1.54, 1.807) is 48.5 Å². The van der Waals surface area contributed by atoms with Gasteiger partial charge in [-0.05, 0) is 42.5 Å². The van der Waals surface area contributed by atoms with Gasteiger partial charge in [0, 0.05) is 35.5 Å². The standard InChI is InChI=1S/C19H21N3O3/c1-12(2)18(24)21-15-9-7-14(8-10-15)19(25)22-17-6-4-5-16(11-17)20-13(3)23/h4-12H,1-3H3,(H,20,23)(H,21,24)(H,22,25). The molecule has 25 heavy (non-hydrogen) atoms. The number of nitrogens with one attached hydrogen (secondary N) is 3. The zero-order chi connectivity index (χ0) is 18.4. The molecule has 3 N–H and O–H groups in total. The number of benzene rings is 2. The van der Waals surface area contributed by atoms with Crippen molar-refractivity contribution in [1.82, 2.24) is 0 Å². The predicted octanol–water partition coefficient (Wildman–Crippen LogP) is 3.49. The lowest BCUT2D eigenvalue weighted by molar-refractivity contribution is -0.119. The highest BCUT2D eigenvalue weighted by molar-refractivity contribution is 6.05. The lowest BCUT2D eigenvalue weighted by Gasteiger charge is -2.10. The van der Waals surface area contributed by atoms with Gasteiger partial charge in [0.2, 0.25) is 11.8 Å². The SMILES string of the molecule is CC(=O)Nc1cccc(NC(=O)c2ccc(NC(=O)C(C)C)cc2)c1. The maximum atomic E-state index is 12.3. The van der Waals surface area contributed by atoms with E-state index in [1.807, 2.05) is 13.8 Å². The van der Waals surface area contributed by atoms with Gasteiger partial charge in [0.25, 0.3) is 5.91 Å². The Kier molecular flexibility index (Phi) is 5.89. The number of carbonyl (C=O) groups is 3. The molecule has 0 atom stereocenters. The zero-order valence-corrected chi connectivity index (χ0v) is 14.4. The number of hydrogen-bond acceptors (Lipinski definition) is 3. The summed E-state index contributed by atoms with van der Waals surface area (Å²) in [5, 5.41) is 8.21. The summed E-state index contributed by atoms with van der Waals surface area (Å²) in [4.78, 5) is 35.1. The minimum absolute atomic E-state index is 0.0769. The molecule has 3 amide bonds. The topological polar surface area (TPSA) is 87.3 Å². The first-order valence-corrected chi connectivity index (χ1v) is 7.95. The fourth-order valence-corrected chi connectivity index (χ4v) is 2.07. The van der Waals surface area contributed by atoms with Gasteiger partial charge < -0.3 is 16.0 Å². The second-order valence-corrected chi connectivity index (χ2v) is 5.94. The molecule has 2 aromatic carbocycles. The van der Waals surface area contributed by atoms with E-state index in [0.29, 0.717) is 22.6 Å². The first-order chi connectivity index (χ1) is 11.8. The minimum Gasteiger partial charge on any atom is -0.326 e. The smallest absolute Gasteiger partial charge is 0.255 e. The number of carbonyl (C=O) groups excluding carboxylic acids is 3. The molecule has 6 heteroatoms. The molecule has 0 saturated heterocycles. The van der Waals surface area contributed by atoms with Crippen LogP contribution in [-0.4, -0.2) is 17.7 Å². The normalized spacial score (nSPS) is 10.2. The van der Waals surface area contributed by atoms with Gasteiger partial charge in [-0.25, -0.2) is 0 Å². The predicted molar refractivity (Wildman–Crippen MR) is 98.6 cm³/mol. The van der Waals surface area contributed by atoms with E-state index in [1.165, 1.54) is 6.92 Å². The Morgan fingerprint density at radius 1 is 0.800 bits per heavy atom. The van der Waals surface area contributed by atoms with Gasteiger partial charge >= 0.3 is 0 Å². The number of hydrogen-bond donors (Lipinski definition) is 3. The Morgan fingerprint density at radius 2 is 1.40 bits per heavy atom. The van der Waals surface area contributed by atoms with E-state index in [0.717, 1.165) is 0 Å². The van der Waals surface area contributed by atoms with Crippen LogP contribution < -0.4 is 16.0 Å². The maximum absolute atomic E-state index is 12.3. The third-order valence-corrected chi connectivity index (χ3v) is 3.38. The third-order valence-electron chi connectivity index (χ3n) is 3.38. The van der Waals surface area contributed by atoms with Crippen molar-refractivity contribution in [1.29, 1.82) is 0 Å². The van der Waals surface area contributed by atoms with Crippen LogP contribution in [-0.2, 0) is 9.59 Å². The largest absolute Gasteiger partial charge is 0.326 e. The first-order valence-electron chi connectivity index (χ1n) is 7.95. The van der Waals surface area contributed by atoms with Crippen molar-refractivity contribution < 1.29 is 14.4 Å². The monoisotopic (exact) mass is 339 g/mol. The van der Waals surface area contributed by atoms with Crippen LogP contribution in [0.1, 0.15) is 31.1 Å². The third kappa shape index (κ3) is 5.46. The Balaban J connectivity index is 2.03. The van der Waals surface area contributed by atoms with Gasteiger partial charge in [0.15, 0.2) is 0 Å². The summed E-state index contributed by atoms with van der Waals surface area (Å²) in [6.45, 7) is 5.04. The summed E-state index contributed by atoms with van der Waals surface area (Å²) in [5.41, 5.74) is 2.29. The van der Waals surface area contributed by atoms with Crippen LogP contribution in [0.15, 0.2) is 48.5 Å². The van der Waals surface area contributed by atoms with Crippen molar-refractivity contribution >= 4 is 34.8 Å². The zero-order valence-electron chi connectivity index (χ0n) is 14.4. The molecule has 130 valence electrons. The van der Waals surface area contributed by atoms with Gasteiger partial charge in [0.1, 0.15) is 0 Å². The summed E-state index contributed by atoms with van der Waals surface area (Å²) in [7, 11) is 0. The summed E-state index contributed by atoms with van der Waals surface area (Å²) >= 11 is 0. The highest BCUT2D eigenvalue weighted by Crippen LogP contribution is 2.17. The van der Waals surface area contributed by atoms with Crippen LogP contribution in [0.4, 0.5) is 17.1 Å². The molecule has 0 saturated carbocycles. The minimum atomic E-state index is -0.276. The van der Waals surface area contributed by atoms with Gasteiger partial charge in [-0.1, -0.05) is 19.9 Å².